The molecule has 0 unspecified atom stereocenters. The summed E-state index contributed by atoms with van der Waals surface area (Å²) in [6.07, 6.45) is 7.40. The highest BCUT2D eigenvalue weighted by Gasteiger charge is 2.43. The molecule has 0 aliphatic carbocycles. The molecule has 0 saturated carbocycles. The molecule has 1 fully saturated rings. The molecular formula is C16H30N2O2. The lowest BCUT2D eigenvalue weighted by atomic mass is 9.81. The van der Waals surface area contributed by atoms with Crippen LogP contribution in [0.5, 0.6) is 0 Å². The fourth-order valence-electron chi connectivity index (χ4n) is 3.30. The highest BCUT2D eigenvalue weighted by molar-refractivity contribution is 5.73. The minimum Gasteiger partial charge on any atom is -0.376 e. The summed E-state index contributed by atoms with van der Waals surface area (Å²) in [5.74, 6) is 0.450. The van der Waals surface area contributed by atoms with Crippen LogP contribution in [0.15, 0.2) is 12.2 Å². The summed E-state index contributed by atoms with van der Waals surface area (Å²) < 4.78 is 5.80. The van der Waals surface area contributed by atoms with Crippen molar-refractivity contribution in [3.8, 4) is 0 Å². The van der Waals surface area contributed by atoms with Crippen LogP contribution >= 0.6 is 0 Å². The molecule has 0 aromatic rings. The van der Waals surface area contributed by atoms with E-state index in [1.165, 1.54) is 0 Å². The zero-order valence-electron chi connectivity index (χ0n) is 13.5. The maximum atomic E-state index is 11.6. The number of ether oxygens (including phenoxy) is 1. The molecule has 0 aromatic carbocycles. The van der Waals surface area contributed by atoms with Gasteiger partial charge in [0.2, 0.25) is 5.91 Å². The van der Waals surface area contributed by atoms with Crippen molar-refractivity contribution in [2.24, 2.45) is 5.92 Å². The molecule has 116 valence electrons. The van der Waals surface area contributed by atoms with Crippen molar-refractivity contribution in [2.45, 2.75) is 64.6 Å². The third-order valence-electron chi connectivity index (χ3n) is 4.35. The average molecular weight is 282 g/mol. The van der Waals surface area contributed by atoms with E-state index in [4.69, 9.17) is 4.74 Å². The lowest BCUT2D eigenvalue weighted by Gasteiger charge is -2.41. The molecule has 1 aliphatic rings. The Hall–Kier alpha value is -0.870. The van der Waals surface area contributed by atoms with Gasteiger partial charge in [-0.05, 0) is 39.2 Å². The quantitative estimate of drug-likeness (QED) is 0.704. The monoisotopic (exact) mass is 282 g/mol. The first-order valence-electron chi connectivity index (χ1n) is 7.67. The molecule has 4 heteroatoms. The summed E-state index contributed by atoms with van der Waals surface area (Å²) in [5, 5.41) is 6.68. The lowest BCUT2D eigenvalue weighted by molar-refractivity contribution is -0.123. The second kappa shape index (κ2) is 7.79. The van der Waals surface area contributed by atoms with E-state index in [2.05, 4.69) is 36.6 Å². The summed E-state index contributed by atoms with van der Waals surface area (Å²) in [6.45, 7) is 8.86. The first-order chi connectivity index (χ1) is 9.48. The lowest BCUT2D eigenvalue weighted by Crippen LogP contribution is -2.61. The van der Waals surface area contributed by atoms with Gasteiger partial charge < -0.3 is 15.4 Å². The summed E-state index contributed by atoms with van der Waals surface area (Å²) in [5.41, 5.74) is -0.345. The van der Waals surface area contributed by atoms with Crippen LogP contribution < -0.4 is 10.6 Å². The van der Waals surface area contributed by atoms with Gasteiger partial charge >= 0.3 is 0 Å². The zero-order valence-corrected chi connectivity index (χ0v) is 13.5. The number of hydrogen-bond donors (Lipinski definition) is 2. The van der Waals surface area contributed by atoms with Crippen molar-refractivity contribution in [1.82, 2.24) is 10.6 Å². The predicted octanol–water partition coefficient (Wildman–Crippen LogP) is 2.25. The van der Waals surface area contributed by atoms with Gasteiger partial charge in [0.15, 0.2) is 0 Å². The van der Waals surface area contributed by atoms with Crippen molar-refractivity contribution in [2.75, 3.05) is 13.7 Å². The van der Waals surface area contributed by atoms with Gasteiger partial charge in [0.1, 0.15) is 0 Å². The van der Waals surface area contributed by atoms with Gasteiger partial charge in [-0.15, -0.1) is 0 Å². The van der Waals surface area contributed by atoms with Gasteiger partial charge in [-0.3, -0.25) is 4.79 Å². The van der Waals surface area contributed by atoms with E-state index < -0.39 is 0 Å². The van der Waals surface area contributed by atoms with Crippen LogP contribution in [0.25, 0.3) is 0 Å². The maximum Gasteiger partial charge on any atom is 0.217 e. The van der Waals surface area contributed by atoms with Crippen LogP contribution in [-0.4, -0.2) is 37.2 Å². The van der Waals surface area contributed by atoms with Crippen LogP contribution in [0.4, 0.5) is 0 Å². The van der Waals surface area contributed by atoms with Gasteiger partial charge in [0.05, 0.1) is 11.6 Å². The smallest absolute Gasteiger partial charge is 0.217 e. The number of rotatable bonds is 7. The van der Waals surface area contributed by atoms with Crippen LogP contribution in [-0.2, 0) is 9.53 Å². The Bertz CT molecular complexity index is 343. The highest BCUT2D eigenvalue weighted by Crippen LogP contribution is 2.30. The van der Waals surface area contributed by atoms with E-state index in [0.29, 0.717) is 5.92 Å². The zero-order chi connectivity index (χ0) is 15.2. The molecule has 4 atom stereocenters. The Morgan fingerprint density at radius 1 is 1.60 bits per heavy atom. The van der Waals surface area contributed by atoms with Gasteiger partial charge in [-0.2, -0.15) is 0 Å². The van der Waals surface area contributed by atoms with E-state index in [1.807, 2.05) is 6.92 Å². The minimum absolute atomic E-state index is 0.00214. The molecule has 0 bridgehead atoms. The number of carbonyl (C=O) groups excluding carboxylic acids is 1. The first-order valence-corrected chi connectivity index (χ1v) is 7.67. The number of methoxy groups -OCH3 is 1. The Kier molecular flexibility index (Phi) is 6.69. The normalized spacial score (nSPS) is 27.4. The molecule has 4 nitrogen and oxygen atoms in total. The van der Waals surface area contributed by atoms with Crippen LogP contribution in [0.1, 0.15) is 47.0 Å². The molecule has 0 aromatic heterocycles. The molecule has 20 heavy (non-hydrogen) atoms. The average Bonchev–Trinajstić information content (AvgIpc) is 2.84. The fraction of sp³-hybridized carbons (Fsp3) is 0.812. The second-order valence-electron chi connectivity index (χ2n) is 5.90. The second-order valence-corrected chi connectivity index (χ2v) is 5.90. The topological polar surface area (TPSA) is 50.4 Å². The van der Waals surface area contributed by atoms with Crippen LogP contribution in [0, 0.1) is 5.92 Å². The first kappa shape index (κ1) is 17.2. The van der Waals surface area contributed by atoms with Gasteiger partial charge in [-0.1, -0.05) is 25.5 Å². The molecule has 1 amide bonds. The Balaban J connectivity index is 3.00. The predicted molar refractivity (Wildman–Crippen MR) is 82.6 cm³/mol. The number of carbonyl (C=O) groups is 1. The summed E-state index contributed by atoms with van der Waals surface area (Å²) in [6, 6.07) is 0.209. The van der Waals surface area contributed by atoms with Crippen molar-refractivity contribution in [3.05, 3.63) is 12.2 Å². The van der Waals surface area contributed by atoms with Crippen molar-refractivity contribution >= 4 is 5.91 Å². The van der Waals surface area contributed by atoms with Crippen molar-refractivity contribution in [1.29, 1.82) is 0 Å². The number of nitrogens with one attached hydrogen (secondary N) is 2. The molecule has 0 radical (unpaired) electrons. The summed E-state index contributed by atoms with van der Waals surface area (Å²) in [4.78, 5) is 11.6. The Morgan fingerprint density at radius 3 is 2.80 bits per heavy atom. The number of hydrogen-bond acceptors (Lipinski definition) is 3. The van der Waals surface area contributed by atoms with E-state index in [1.54, 1.807) is 14.0 Å². The van der Waals surface area contributed by atoms with E-state index >= 15 is 0 Å². The summed E-state index contributed by atoms with van der Waals surface area (Å²) >= 11 is 0. The highest BCUT2D eigenvalue weighted by atomic mass is 16.5. The molecule has 1 heterocycles. The van der Waals surface area contributed by atoms with Crippen LogP contribution in [0.3, 0.4) is 0 Å². The third-order valence-corrected chi connectivity index (χ3v) is 4.35. The maximum absolute atomic E-state index is 11.6. The Labute approximate surface area is 123 Å². The van der Waals surface area contributed by atoms with Gasteiger partial charge in [0.25, 0.3) is 0 Å². The standard InChI is InChI=1S/C16H30N2O2/c1-6-8-13-9-11-17-14(13)15(18-12(3)19)16(4,20-5)10-7-2/h6,8,13-15,17H,7,9-11H2,1-5H3,(H,18,19)/b8-6-/t13-,14-,15-,16+/m1/s1. The van der Waals surface area contributed by atoms with E-state index in [-0.39, 0.29) is 23.6 Å². The van der Waals surface area contributed by atoms with E-state index in [0.717, 1.165) is 25.8 Å². The molecule has 2 N–H and O–H groups in total. The molecule has 1 aliphatic heterocycles. The van der Waals surface area contributed by atoms with Crippen molar-refractivity contribution < 1.29 is 9.53 Å². The molecule has 1 saturated heterocycles. The molecule has 1 rings (SSSR count). The van der Waals surface area contributed by atoms with Gasteiger partial charge in [-0.25, -0.2) is 0 Å². The van der Waals surface area contributed by atoms with Crippen LogP contribution in [0.2, 0.25) is 0 Å². The molecule has 0 spiro atoms. The van der Waals surface area contributed by atoms with E-state index in [9.17, 15) is 4.79 Å². The van der Waals surface area contributed by atoms with Crippen molar-refractivity contribution in [3.63, 3.8) is 0 Å². The van der Waals surface area contributed by atoms with Gasteiger partial charge in [0, 0.05) is 20.1 Å². The molecular weight excluding hydrogens is 252 g/mol. The Morgan fingerprint density at radius 2 is 2.30 bits per heavy atom. The largest absolute Gasteiger partial charge is 0.376 e. The summed E-state index contributed by atoms with van der Waals surface area (Å²) in [7, 11) is 1.74. The minimum atomic E-state index is -0.345. The fourth-order valence-corrected chi connectivity index (χ4v) is 3.30. The number of amides is 1. The number of allylic oxidation sites excluding steroid dienone is 1. The SMILES string of the molecule is C/C=C\[C@@H]1CCN[C@H]1[C@@H](NC(C)=O)[C@](C)(CCC)OC. The third kappa shape index (κ3) is 4.06.